The van der Waals surface area contributed by atoms with Crippen LogP contribution in [0, 0.1) is 5.92 Å². The summed E-state index contributed by atoms with van der Waals surface area (Å²) in [6.07, 6.45) is 5.75. The van der Waals surface area contributed by atoms with Gasteiger partial charge >= 0.3 is 0 Å². The van der Waals surface area contributed by atoms with Gasteiger partial charge in [-0.05, 0) is 31.6 Å². The van der Waals surface area contributed by atoms with Gasteiger partial charge in [0.25, 0.3) is 0 Å². The van der Waals surface area contributed by atoms with Gasteiger partial charge in [0, 0.05) is 19.0 Å². The molecule has 68 valence electrons. The van der Waals surface area contributed by atoms with E-state index >= 15 is 0 Å². The van der Waals surface area contributed by atoms with E-state index in [2.05, 4.69) is 11.8 Å². The Morgan fingerprint density at radius 2 is 2.17 bits per heavy atom. The minimum atomic E-state index is 0.405. The van der Waals surface area contributed by atoms with E-state index in [9.17, 15) is 4.79 Å². The van der Waals surface area contributed by atoms with E-state index in [0.717, 1.165) is 13.0 Å². The lowest BCUT2D eigenvalue weighted by Gasteiger charge is -2.21. The summed E-state index contributed by atoms with van der Waals surface area (Å²) in [6.45, 7) is 3.22. The smallest absolute Gasteiger partial charge is 0.223 e. The largest absolute Gasteiger partial charge is 0.340 e. The second-order valence-electron chi connectivity index (χ2n) is 4.27. The van der Waals surface area contributed by atoms with Crippen LogP contribution in [0.15, 0.2) is 0 Å². The van der Waals surface area contributed by atoms with Crippen LogP contribution in [0.4, 0.5) is 0 Å². The molecule has 2 nitrogen and oxygen atoms in total. The molecule has 0 spiro atoms. The normalized spacial score (nSPS) is 36.4. The van der Waals surface area contributed by atoms with Gasteiger partial charge in [-0.1, -0.05) is 6.92 Å². The van der Waals surface area contributed by atoms with Crippen molar-refractivity contribution in [1.29, 1.82) is 0 Å². The number of carbonyl (C=O) groups excluding carboxylic acids is 1. The lowest BCUT2D eigenvalue weighted by molar-refractivity contribution is -0.131. The van der Waals surface area contributed by atoms with Gasteiger partial charge in [0.1, 0.15) is 0 Å². The lowest BCUT2D eigenvalue weighted by Crippen LogP contribution is -2.33. The molecular formula is C10H17NO. The summed E-state index contributed by atoms with van der Waals surface area (Å²) in [5.41, 5.74) is 0. The predicted molar refractivity (Wildman–Crippen MR) is 47.8 cm³/mol. The van der Waals surface area contributed by atoms with Crippen LogP contribution in [-0.2, 0) is 4.79 Å². The Morgan fingerprint density at radius 3 is 3.00 bits per heavy atom. The predicted octanol–water partition coefficient (Wildman–Crippen LogP) is 1.80. The fourth-order valence-corrected chi connectivity index (χ4v) is 2.46. The fourth-order valence-electron chi connectivity index (χ4n) is 2.46. The fraction of sp³-hybridized carbons (Fsp3) is 0.900. The molecule has 0 radical (unpaired) electrons. The van der Waals surface area contributed by atoms with Crippen LogP contribution in [0.5, 0.6) is 0 Å². The van der Waals surface area contributed by atoms with E-state index < -0.39 is 0 Å². The second kappa shape index (κ2) is 3.08. The first-order valence-corrected chi connectivity index (χ1v) is 5.07. The topological polar surface area (TPSA) is 20.3 Å². The number of amides is 1. The van der Waals surface area contributed by atoms with Gasteiger partial charge in [0.15, 0.2) is 0 Å². The van der Waals surface area contributed by atoms with Gasteiger partial charge in [-0.25, -0.2) is 0 Å². The molecule has 0 aromatic carbocycles. The summed E-state index contributed by atoms with van der Waals surface area (Å²) in [5, 5.41) is 0. The molecule has 1 amide bonds. The lowest BCUT2D eigenvalue weighted by atomic mass is 10.0. The monoisotopic (exact) mass is 167 g/mol. The quantitative estimate of drug-likeness (QED) is 0.538. The molecule has 2 saturated heterocycles. The summed E-state index contributed by atoms with van der Waals surface area (Å²) >= 11 is 0. The van der Waals surface area contributed by atoms with Crippen molar-refractivity contribution in [1.82, 2.24) is 4.90 Å². The minimum Gasteiger partial charge on any atom is -0.340 e. The van der Waals surface area contributed by atoms with Crippen molar-refractivity contribution >= 4 is 5.91 Å². The molecule has 12 heavy (non-hydrogen) atoms. The second-order valence-corrected chi connectivity index (χ2v) is 4.27. The first-order chi connectivity index (χ1) is 5.77. The molecule has 0 saturated carbocycles. The number of hydrogen-bond donors (Lipinski definition) is 0. The van der Waals surface area contributed by atoms with E-state index in [1.165, 1.54) is 25.7 Å². The van der Waals surface area contributed by atoms with Crippen molar-refractivity contribution in [2.75, 3.05) is 6.54 Å². The molecule has 2 fully saturated rings. The van der Waals surface area contributed by atoms with Crippen LogP contribution in [0.1, 0.15) is 39.0 Å². The number of fused-ring (bicyclic) bond motifs is 1. The van der Waals surface area contributed by atoms with Gasteiger partial charge in [0.05, 0.1) is 0 Å². The van der Waals surface area contributed by atoms with Gasteiger partial charge in [-0.15, -0.1) is 0 Å². The maximum atomic E-state index is 11.6. The Hall–Kier alpha value is -0.530. The molecule has 2 aliphatic rings. The highest BCUT2D eigenvalue weighted by atomic mass is 16.2. The molecule has 2 heterocycles. The van der Waals surface area contributed by atoms with Crippen molar-refractivity contribution in [2.45, 2.75) is 45.1 Å². The number of nitrogens with zero attached hydrogens (tertiary/aromatic N) is 1. The highest BCUT2D eigenvalue weighted by Crippen LogP contribution is 2.29. The number of hydrogen-bond acceptors (Lipinski definition) is 1. The van der Waals surface area contributed by atoms with Crippen LogP contribution >= 0.6 is 0 Å². The Balaban J connectivity index is 2.09. The highest BCUT2D eigenvalue weighted by molar-refractivity contribution is 5.77. The van der Waals surface area contributed by atoms with Crippen LogP contribution in [-0.4, -0.2) is 23.4 Å². The Kier molecular flexibility index (Phi) is 2.07. The molecule has 0 aromatic heterocycles. The molecule has 0 bridgehead atoms. The van der Waals surface area contributed by atoms with E-state index in [0.29, 0.717) is 17.9 Å². The first kappa shape index (κ1) is 8.09. The van der Waals surface area contributed by atoms with Crippen molar-refractivity contribution in [3.63, 3.8) is 0 Å². The zero-order valence-corrected chi connectivity index (χ0v) is 7.75. The standard InChI is InChI=1S/C10H17NO/c1-8-4-5-9-3-2-6-11(9)10(12)7-8/h8-9H,2-7H2,1H3. The van der Waals surface area contributed by atoms with E-state index in [-0.39, 0.29) is 0 Å². The van der Waals surface area contributed by atoms with E-state index in [4.69, 9.17) is 0 Å². The molecule has 2 heteroatoms. The van der Waals surface area contributed by atoms with Crippen molar-refractivity contribution in [3.05, 3.63) is 0 Å². The zero-order valence-electron chi connectivity index (χ0n) is 7.75. The number of rotatable bonds is 0. The Bertz CT molecular complexity index is 190. The third-order valence-corrected chi connectivity index (χ3v) is 3.21. The van der Waals surface area contributed by atoms with Crippen molar-refractivity contribution in [2.24, 2.45) is 5.92 Å². The molecule has 2 rings (SSSR count). The average molecular weight is 167 g/mol. The molecule has 0 N–H and O–H groups in total. The summed E-state index contributed by atoms with van der Waals surface area (Å²) in [7, 11) is 0. The van der Waals surface area contributed by atoms with Crippen LogP contribution in [0.2, 0.25) is 0 Å². The van der Waals surface area contributed by atoms with Crippen molar-refractivity contribution < 1.29 is 4.79 Å². The van der Waals surface area contributed by atoms with Crippen LogP contribution in [0.3, 0.4) is 0 Å². The molecule has 2 atom stereocenters. The van der Waals surface area contributed by atoms with Gasteiger partial charge in [-0.2, -0.15) is 0 Å². The van der Waals surface area contributed by atoms with Crippen LogP contribution in [0.25, 0.3) is 0 Å². The van der Waals surface area contributed by atoms with E-state index in [1.807, 2.05) is 0 Å². The molecule has 2 aliphatic heterocycles. The SMILES string of the molecule is CC1CCC2CCCN2C(=O)C1. The van der Waals surface area contributed by atoms with Gasteiger partial charge in [0.2, 0.25) is 5.91 Å². The third kappa shape index (κ3) is 1.35. The highest BCUT2D eigenvalue weighted by Gasteiger charge is 2.31. The molecule has 0 aromatic rings. The number of carbonyl (C=O) groups is 1. The molecule has 2 unspecified atom stereocenters. The Labute approximate surface area is 73.9 Å². The summed E-state index contributed by atoms with van der Waals surface area (Å²) in [5.74, 6) is 1.02. The maximum absolute atomic E-state index is 11.6. The minimum absolute atomic E-state index is 0.405. The molecular weight excluding hydrogens is 150 g/mol. The Morgan fingerprint density at radius 1 is 1.33 bits per heavy atom. The zero-order chi connectivity index (χ0) is 8.55. The van der Waals surface area contributed by atoms with Gasteiger partial charge in [-0.3, -0.25) is 4.79 Å². The van der Waals surface area contributed by atoms with E-state index in [1.54, 1.807) is 0 Å². The van der Waals surface area contributed by atoms with Crippen LogP contribution < -0.4 is 0 Å². The maximum Gasteiger partial charge on any atom is 0.223 e. The summed E-state index contributed by atoms with van der Waals surface area (Å²) < 4.78 is 0. The average Bonchev–Trinajstić information content (AvgIpc) is 2.43. The third-order valence-electron chi connectivity index (χ3n) is 3.21. The van der Waals surface area contributed by atoms with Crippen molar-refractivity contribution in [3.8, 4) is 0 Å². The first-order valence-electron chi connectivity index (χ1n) is 5.07. The summed E-state index contributed by atoms with van der Waals surface area (Å²) in [4.78, 5) is 13.7. The molecule has 0 aliphatic carbocycles. The summed E-state index contributed by atoms with van der Waals surface area (Å²) in [6, 6.07) is 0.599. The van der Waals surface area contributed by atoms with Gasteiger partial charge < -0.3 is 4.90 Å².